The summed E-state index contributed by atoms with van der Waals surface area (Å²) in [5, 5.41) is 11.3. The van der Waals surface area contributed by atoms with Crippen LogP contribution in [0.3, 0.4) is 0 Å². The van der Waals surface area contributed by atoms with Crippen LogP contribution < -0.4 is 14.5 Å². The Morgan fingerprint density at radius 1 is 1.10 bits per heavy atom. The van der Waals surface area contributed by atoms with E-state index in [4.69, 9.17) is 9.47 Å². The summed E-state index contributed by atoms with van der Waals surface area (Å²) >= 11 is 0. The van der Waals surface area contributed by atoms with Crippen molar-refractivity contribution in [3.63, 3.8) is 0 Å². The summed E-state index contributed by atoms with van der Waals surface area (Å²) in [6.07, 6.45) is 1.69. The molecule has 0 spiro atoms. The van der Waals surface area contributed by atoms with Crippen molar-refractivity contribution < 1.29 is 19.2 Å². The zero-order valence-electron chi connectivity index (χ0n) is 16.3. The minimum atomic E-state index is -0.463. The molecule has 0 aromatic heterocycles. The summed E-state index contributed by atoms with van der Waals surface area (Å²) < 4.78 is 10.7. The predicted octanol–water partition coefficient (Wildman–Crippen LogP) is 3.03. The van der Waals surface area contributed by atoms with Crippen LogP contribution in [0.5, 0.6) is 5.75 Å². The van der Waals surface area contributed by atoms with E-state index in [1.54, 1.807) is 18.1 Å². The van der Waals surface area contributed by atoms with Crippen molar-refractivity contribution in [2.75, 3.05) is 49.8 Å². The van der Waals surface area contributed by atoms with Crippen molar-refractivity contribution in [1.82, 2.24) is 0 Å². The van der Waals surface area contributed by atoms with Gasteiger partial charge in [0.25, 0.3) is 11.6 Å². The maximum absolute atomic E-state index is 13.6. The molecule has 2 aromatic rings. The number of ether oxygens (including phenoxy) is 2. The lowest BCUT2D eigenvalue weighted by molar-refractivity contribution is -0.384. The first-order valence-electron chi connectivity index (χ1n) is 9.68. The monoisotopic (exact) mass is 397 g/mol. The number of amides is 1. The van der Waals surface area contributed by atoms with Gasteiger partial charge in [-0.15, -0.1) is 0 Å². The first-order valence-corrected chi connectivity index (χ1v) is 9.68. The average Bonchev–Trinajstić information content (AvgIpc) is 2.77. The van der Waals surface area contributed by atoms with Crippen LogP contribution in [0.25, 0.3) is 0 Å². The molecule has 0 saturated carbocycles. The number of anilines is 2. The van der Waals surface area contributed by atoms with Gasteiger partial charge in [-0.05, 0) is 42.7 Å². The molecule has 0 atom stereocenters. The summed E-state index contributed by atoms with van der Waals surface area (Å²) in [6, 6.07) is 10.2. The molecule has 0 unspecified atom stereocenters. The van der Waals surface area contributed by atoms with Gasteiger partial charge in [-0.2, -0.15) is 0 Å². The Morgan fingerprint density at radius 2 is 1.86 bits per heavy atom. The molecule has 2 aliphatic heterocycles. The average molecular weight is 397 g/mol. The molecule has 0 N–H and O–H groups in total. The lowest BCUT2D eigenvalue weighted by Gasteiger charge is -2.33. The van der Waals surface area contributed by atoms with E-state index in [0.717, 1.165) is 29.8 Å². The van der Waals surface area contributed by atoms with Crippen molar-refractivity contribution in [2.24, 2.45) is 0 Å². The number of nitrogens with zero attached hydrogens (tertiary/aromatic N) is 3. The first-order chi connectivity index (χ1) is 14.1. The highest BCUT2D eigenvalue weighted by atomic mass is 16.6. The zero-order chi connectivity index (χ0) is 20.4. The fourth-order valence-electron chi connectivity index (χ4n) is 3.95. The number of nitro groups is 1. The zero-order valence-corrected chi connectivity index (χ0v) is 16.3. The van der Waals surface area contributed by atoms with Crippen molar-refractivity contribution in [1.29, 1.82) is 0 Å². The summed E-state index contributed by atoms with van der Waals surface area (Å²) in [5.41, 5.74) is 2.86. The van der Waals surface area contributed by atoms with E-state index in [1.165, 1.54) is 12.1 Å². The Morgan fingerprint density at radius 3 is 2.59 bits per heavy atom. The normalized spacial score (nSPS) is 16.3. The van der Waals surface area contributed by atoms with Gasteiger partial charge in [-0.25, -0.2) is 0 Å². The Hall–Kier alpha value is -3.13. The standard InChI is InChI=1S/C21H23N3O5/c1-28-17-5-7-19-15(13-17)3-2-8-23(19)21(25)18-14-16(24(26)27)4-6-20(18)22-9-11-29-12-10-22/h4-7,13-14H,2-3,8-12H2,1H3. The highest BCUT2D eigenvalue weighted by molar-refractivity contribution is 6.10. The number of morpholine rings is 1. The Bertz CT molecular complexity index is 940. The molecular weight excluding hydrogens is 374 g/mol. The number of methoxy groups -OCH3 is 1. The van der Waals surface area contributed by atoms with E-state index in [0.29, 0.717) is 44.1 Å². The molecule has 1 saturated heterocycles. The number of carbonyl (C=O) groups excluding carboxylic acids is 1. The third-order valence-corrected chi connectivity index (χ3v) is 5.42. The number of hydrogen-bond donors (Lipinski definition) is 0. The van der Waals surface area contributed by atoms with Crippen molar-refractivity contribution >= 4 is 23.0 Å². The molecule has 8 heteroatoms. The van der Waals surface area contributed by atoms with Crippen LogP contribution in [-0.2, 0) is 11.2 Å². The largest absolute Gasteiger partial charge is 0.497 e. The molecule has 0 aliphatic carbocycles. The van der Waals surface area contributed by atoms with Crippen LogP contribution in [0.4, 0.5) is 17.1 Å². The van der Waals surface area contributed by atoms with Gasteiger partial charge in [0.05, 0.1) is 36.5 Å². The molecule has 2 aliphatic rings. The number of benzene rings is 2. The van der Waals surface area contributed by atoms with Gasteiger partial charge >= 0.3 is 0 Å². The molecule has 2 aromatic carbocycles. The minimum absolute atomic E-state index is 0.0858. The van der Waals surface area contributed by atoms with E-state index in [9.17, 15) is 14.9 Å². The molecule has 1 fully saturated rings. The fraction of sp³-hybridized carbons (Fsp3) is 0.381. The van der Waals surface area contributed by atoms with Crippen LogP contribution in [0.2, 0.25) is 0 Å². The van der Waals surface area contributed by atoms with E-state index in [-0.39, 0.29) is 11.6 Å². The summed E-state index contributed by atoms with van der Waals surface area (Å²) in [7, 11) is 1.62. The second-order valence-corrected chi connectivity index (χ2v) is 7.11. The fourth-order valence-corrected chi connectivity index (χ4v) is 3.95. The molecule has 29 heavy (non-hydrogen) atoms. The van der Waals surface area contributed by atoms with E-state index < -0.39 is 4.92 Å². The maximum atomic E-state index is 13.6. The molecule has 152 valence electrons. The number of rotatable bonds is 4. The number of aryl methyl sites for hydroxylation is 1. The van der Waals surface area contributed by atoms with Gasteiger partial charge < -0.3 is 19.3 Å². The second kappa shape index (κ2) is 8.08. The Balaban J connectivity index is 1.75. The lowest BCUT2D eigenvalue weighted by atomic mass is 9.99. The van der Waals surface area contributed by atoms with E-state index in [2.05, 4.69) is 4.90 Å². The minimum Gasteiger partial charge on any atom is -0.497 e. The number of non-ortho nitro benzene ring substituents is 1. The molecule has 4 rings (SSSR count). The summed E-state index contributed by atoms with van der Waals surface area (Å²) in [4.78, 5) is 28.2. The number of nitro benzene ring substituents is 1. The van der Waals surface area contributed by atoms with Gasteiger partial charge in [0.1, 0.15) is 5.75 Å². The smallest absolute Gasteiger partial charge is 0.270 e. The van der Waals surface area contributed by atoms with Gasteiger partial charge in [0.15, 0.2) is 0 Å². The van der Waals surface area contributed by atoms with Gasteiger partial charge in [0.2, 0.25) is 0 Å². The molecule has 0 radical (unpaired) electrons. The van der Waals surface area contributed by atoms with Crippen molar-refractivity contribution in [3.8, 4) is 5.75 Å². The number of fused-ring (bicyclic) bond motifs is 1. The lowest BCUT2D eigenvalue weighted by Crippen LogP contribution is -2.40. The van der Waals surface area contributed by atoms with E-state index in [1.807, 2.05) is 18.2 Å². The summed E-state index contributed by atoms with van der Waals surface area (Å²) in [6.45, 7) is 3.00. The molecule has 0 bridgehead atoms. The third-order valence-electron chi connectivity index (χ3n) is 5.42. The quantitative estimate of drug-likeness (QED) is 0.582. The van der Waals surface area contributed by atoms with Crippen LogP contribution in [0, 0.1) is 10.1 Å². The molecule has 1 amide bonds. The van der Waals surface area contributed by atoms with Gasteiger partial charge in [-0.3, -0.25) is 14.9 Å². The van der Waals surface area contributed by atoms with Crippen LogP contribution >= 0.6 is 0 Å². The van der Waals surface area contributed by atoms with Gasteiger partial charge in [0, 0.05) is 37.5 Å². The highest BCUT2D eigenvalue weighted by Crippen LogP contribution is 2.34. The second-order valence-electron chi connectivity index (χ2n) is 7.11. The van der Waals surface area contributed by atoms with Crippen LogP contribution in [0.1, 0.15) is 22.3 Å². The topological polar surface area (TPSA) is 85.1 Å². The Labute approximate surface area is 168 Å². The Kier molecular flexibility index (Phi) is 5.35. The third kappa shape index (κ3) is 3.75. The van der Waals surface area contributed by atoms with E-state index >= 15 is 0 Å². The number of hydrogen-bond acceptors (Lipinski definition) is 6. The molecule has 2 heterocycles. The predicted molar refractivity (Wildman–Crippen MR) is 109 cm³/mol. The molecular formula is C21H23N3O5. The highest BCUT2D eigenvalue weighted by Gasteiger charge is 2.29. The summed E-state index contributed by atoms with van der Waals surface area (Å²) in [5.74, 6) is 0.531. The molecule has 8 nitrogen and oxygen atoms in total. The maximum Gasteiger partial charge on any atom is 0.270 e. The SMILES string of the molecule is COc1ccc2c(c1)CCCN2C(=O)c1cc([N+](=O)[O-])ccc1N1CCOCC1. The first kappa shape index (κ1) is 19.2. The van der Waals surface area contributed by atoms with Crippen LogP contribution in [-0.4, -0.2) is 50.8 Å². The number of carbonyl (C=O) groups is 1. The van der Waals surface area contributed by atoms with Gasteiger partial charge in [-0.1, -0.05) is 0 Å². The van der Waals surface area contributed by atoms with Crippen molar-refractivity contribution in [3.05, 3.63) is 57.6 Å². The van der Waals surface area contributed by atoms with Crippen molar-refractivity contribution in [2.45, 2.75) is 12.8 Å². The van der Waals surface area contributed by atoms with Crippen LogP contribution in [0.15, 0.2) is 36.4 Å².